The summed E-state index contributed by atoms with van der Waals surface area (Å²) < 4.78 is 8.95. The predicted octanol–water partition coefficient (Wildman–Crippen LogP) is 1.08. The van der Waals surface area contributed by atoms with E-state index in [1.807, 2.05) is 40.9 Å². The summed E-state index contributed by atoms with van der Waals surface area (Å²) in [5.41, 5.74) is 3.55. The third kappa shape index (κ3) is 4.11. The van der Waals surface area contributed by atoms with Gasteiger partial charge in [0.15, 0.2) is 0 Å². The van der Waals surface area contributed by atoms with Gasteiger partial charge in [0.1, 0.15) is 18.8 Å². The highest BCUT2D eigenvalue weighted by Crippen LogP contribution is 2.22. The first-order valence-electron chi connectivity index (χ1n) is 10.5. The van der Waals surface area contributed by atoms with Crippen LogP contribution in [0.1, 0.15) is 23.0 Å². The van der Waals surface area contributed by atoms with Crippen LogP contribution in [0.3, 0.4) is 0 Å². The maximum Gasteiger partial charge on any atom is 0.355 e. The number of quaternary nitrogens is 1. The van der Waals surface area contributed by atoms with Crippen LogP contribution in [0.4, 0.5) is 0 Å². The van der Waals surface area contributed by atoms with E-state index in [1.165, 1.54) is 10.5 Å². The topological polar surface area (TPSA) is 60.9 Å². The second-order valence-corrected chi connectivity index (χ2v) is 7.83. The molecule has 0 radical (unpaired) electrons. The Kier molecular flexibility index (Phi) is 5.90. The zero-order chi connectivity index (χ0) is 21.1. The number of ether oxygens (including phenoxy) is 1. The second-order valence-electron chi connectivity index (χ2n) is 7.83. The van der Waals surface area contributed by atoms with Crippen molar-refractivity contribution in [3.05, 3.63) is 59.9 Å². The lowest BCUT2D eigenvalue weighted by Crippen LogP contribution is -3.13. The summed E-state index contributed by atoms with van der Waals surface area (Å²) in [7, 11) is 1.93. The summed E-state index contributed by atoms with van der Waals surface area (Å²) in [6.07, 6.45) is 1.94. The van der Waals surface area contributed by atoms with E-state index < -0.39 is 5.97 Å². The Morgan fingerprint density at radius 3 is 2.50 bits per heavy atom. The van der Waals surface area contributed by atoms with Crippen LogP contribution in [0.15, 0.2) is 48.7 Å². The quantitative estimate of drug-likeness (QED) is 0.620. The molecule has 0 bridgehead atoms. The Hall–Kier alpha value is -3.06. The fourth-order valence-electron chi connectivity index (χ4n) is 4.18. The van der Waals surface area contributed by atoms with Crippen LogP contribution >= 0.6 is 0 Å². The van der Waals surface area contributed by atoms with Crippen LogP contribution in [0, 0.1) is 0 Å². The van der Waals surface area contributed by atoms with E-state index in [0.717, 1.165) is 43.8 Å². The molecule has 30 heavy (non-hydrogen) atoms. The number of piperazine rings is 1. The lowest BCUT2D eigenvalue weighted by atomic mass is 10.2. The lowest BCUT2D eigenvalue weighted by Gasteiger charge is -2.32. The normalized spacial score (nSPS) is 14.9. The van der Waals surface area contributed by atoms with Crippen molar-refractivity contribution in [2.75, 3.05) is 32.8 Å². The van der Waals surface area contributed by atoms with Gasteiger partial charge in [-0.25, -0.2) is 4.79 Å². The van der Waals surface area contributed by atoms with Gasteiger partial charge in [-0.2, -0.15) is 0 Å². The van der Waals surface area contributed by atoms with Gasteiger partial charge in [0.2, 0.25) is 5.91 Å². The number of hydrogen-bond acceptors (Lipinski definition) is 3. The third-order valence-corrected chi connectivity index (χ3v) is 5.85. The van der Waals surface area contributed by atoms with Crippen molar-refractivity contribution >= 4 is 22.9 Å². The largest absolute Gasteiger partial charge is 0.461 e. The summed E-state index contributed by atoms with van der Waals surface area (Å²) >= 11 is 0. The summed E-state index contributed by atoms with van der Waals surface area (Å²) in [4.78, 5) is 28.9. The van der Waals surface area contributed by atoms with Gasteiger partial charge in [0, 0.05) is 18.8 Å². The van der Waals surface area contributed by atoms with Crippen molar-refractivity contribution in [3.63, 3.8) is 0 Å². The van der Waals surface area contributed by atoms with Crippen molar-refractivity contribution in [2.45, 2.75) is 20.0 Å². The Labute approximate surface area is 176 Å². The van der Waals surface area contributed by atoms with Gasteiger partial charge in [0.05, 0.1) is 43.8 Å². The number of fused-ring (bicyclic) bond motifs is 1. The molecule has 0 spiro atoms. The molecule has 7 nitrogen and oxygen atoms in total. The monoisotopic (exact) mass is 409 g/mol. The van der Waals surface area contributed by atoms with Gasteiger partial charge >= 0.3 is 5.97 Å². The molecule has 1 aliphatic heterocycles. The summed E-state index contributed by atoms with van der Waals surface area (Å²) in [6, 6.07) is 14.2. The van der Waals surface area contributed by atoms with E-state index in [2.05, 4.69) is 24.3 Å². The van der Waals surface area contributed by atoms with Crippen LogP contribution in [0.2, 0.25) is 0 Å². The summed E-state index contributed by atoms with van der Waals surface area (Å²) in [6.45, 7) is 6.54. The van der Waals surface area contributed by atoms with Crippen molar-refractivity contribution in [1.82, 2.24) is 14.0 Å². The van der Waals surface area contributed by atoms with Gasteiger partial charge < -0.3 is 23.7 Å². The SMILES string of the molecule is CCOC(=O)c1cc2c(ccn2C)n1CC(=O)N1CC[NH+](Cc2ccccc2)CC1. The number of esters is 1. The first-order chi connectivity index (χ1) is 14.6. The number of aromatic nitrogens is 2. The first-order valence-corrected chi connectivity index (χ1v) is 10.5. The highest BCUT2D eigenvalue weighted by atomic mass is 16.5. The van der Waals surface area contributed by atoms with Crippen LogP contribution in [0.25, 0.3) is 11.0 Å². The van der Waals surface area contributed by atoms with Gasteiger partial charge in [-0.15, -0.1) is 0 Å². The first kappa shape index (κ1) is 20.2. The minimum absolute atomic E-state index is 0.0423. The smallest absolute Gasteiger partial charge is 0.355 e. The summed E-state index contributed by atoms with van der Waals surface area (Å²) in [5, 5.41) is 0. The molecule has 4 rings (SSSR count). The molecule has 3 heterocycles. The van der Waals surface area contributed by atoms with Crippen molar-refractivity contribution < 1.29 is 19.2 Å². The average molecular weight is 410 g/mol. The third-order valence-electron chi connectivity index (χ3n) is 5.85. The van der Waals surface area contributed by atoms with E-state index in [0.29, 0.717) is 12.3 Å². The maximum atomic E-state index is 13.1. The van der Waals surface area contributed by atoms with E-state index in [1.54, 1.807) is 11.5 Å². The molecular weight excluding hydrogens is 380 g/mol. The minimum Gasteiger partial charge on any atom is -0.461 e. The number of carbonyl (C=O) groups excluding carboxylic acids is 2. The van der Waals surface area contributed by atoms with Gasteiger partial charge in [-0.3, -0.25) is 4.79 Å². The predicted molar refractivity (Wildman–Crippen MR) is 114 cm³/mol. The Balaban J connectivity index is 1.43. The van der Waals surface area contributed by atoms with E-state index >= 15 is 0 Å². The molecule has 2 aromatic heterocycles. The number of benzene rings is 1. The van der Waals surface area contributed by atoms with Crippen LogP contribution in [0.5, 0.6) is 0 Å². The molecule has 1 fully saturated rings. The Morgan fingerprint density at radius 1 is 1.07 bits per heavy atom. The molecule has 0 aliphatic carbocycles. The molecule has 158 valence electrons. The highest BCUT2D eigenvalue weighted by Gasteiger charge is 2.26. The van der Waals surface area contributed by atoms with E-state index in [-0.39, 0.29) is 12.5 Å². The second kappa shape index (κ2) is 8.75. The molecule has 1 saturated heterocycles. The number of aryl methyl sites for hydroxylation is 1. The molecule has 0 unspecified atom stereocenters. The molecular formula is C23H29N4O3+. The molecule has 0 saturated carbocycles. The number of hydrogen-bond donors (Lipinski definition) is 1. The van der Waals surface area contributed by atoms with E-state index in [4.69, 9.17) is 4.74 Å². The lowest BCUT2D eigenvalue weighted by molar-refractivity contribution is -0.917. The Bertz CT molecular complexity index is 1030. The van der Waals surface area contributed by atoms with Gasteiger partial charge in [-0.05, 0) is 19.1 Å². The average Bonchev–Trinajstić information content (AvgIpc) is 3.30. The van der Waals surface area contributed by atoms with Crippen LogP contribution in [-0.4, -0.2) is 58.7 Å². The van der Waals surface area contributed by atoms with Crippen LogP contribution in [-0.2, 0) is 29.7 Å². The number of rotatable bonds is 6. The molecule has 1 aromatic carbocycles. The number of amides is 1. The number of nitrogens with zero attached hydrogens (tertiary/aromatic N) is 3. The van der Waals surface area contributed by atoms with Gasteiger partial charge in [-0.1, -0.05) is 30.3 Å². The molecule has 1 amide bonds. The standard InChI is InChI=1S/C23H28N4O3/c1-3-30-23(29)21-15-20-19(9-10-24(20)2)27(21)17-22(28)26-13-11-25(12-14-26)16-18-7-5-4-6-8-18/h4-10,15H,3,11-14,16-17H2,1-2H3/p+1. The number of carbonyl (C=O) groups is 2. The van der Waals surface area contributed by atoms with Crippen LogP contribution < -0.4 is 4.90 Å². The molecule has 1 aliphatic rings. The summed E-state index contributed by atoms with van der Waals surface area (Å²) in [5.74, 6) is -0.348. The van der Waals surface area contributed by atoms with Gasteiger partial charge in [0.25, 0.3) is 0 Å². The fourth-order valence-corrected chi connectivity index (χ4v) is 4.18. The van der Waals surface area contributed by atoms with Crippen molar-refractivity contribution in [2.24, 2.45) is 7.05 Å². The highest BCUT2D eigenvalue weighted by molar-refractivity contribution is 5.96. The molecule has 1 N–H and O–H groups in total. The number of nitrogens with one attached hydrogen (secondary N) is 1. The zero-order valence-corrected chi connectivity index (χ0v) is 17.6. The zero-order valence-electron chi connectivity index (χ0n) is 17.6. The molecule has 0 atom stereocenters. The maximum absolute atomic E-state index is 13.1. The Morgan fingerprint density at radius 2 is 1.80 bits per heavy atom. The van der Waals surface area contributed by atoms with Crippen molar-refractivity contribution in [3.8, 4) is 0 Å². The fraction of sp³-hybridized carbons (Fsp3) is 0.391. The van der Waals surface area contributed by atoms with E-state index in [9.17, 15) is 9.59 Å². The van der Waals surface area contributed by atoms with Crippen molar-refractivity contribution in [1.29, 1.82) is 0 Å². The molecule has 7 heteroatoms. The minimum atomic E-state index is -0.390. The molecule has 3 aromatic rings.